The number of nitrogens with one attached hydrogen (secondary N) is 1. The standard InChI is InChI=1S/C28H24N2O4/c1-19-15-25(34-20(2)22-8-4-3-5-9-22)11-12-26(19)30-28(31)27-23(13-14-32-27)18-33-24-10-6-7-21(16-24)17-29/h3-16,20H,18H2,1-2H3,(H,30,31). The van der Waals surface area contributed by atoms with Gasteiger partial charge < -0.3 is 19.2 Å². The van der Waals surface area contributed by atoms with E-state index in [2.05, 4.69) is 11.4 Å². The quantitative estimate of drug-likeness (QED) is 0.333. The van der Waals surface area contributed by atoms with Crippen LogP contribution in [0, 0.1) is 18.3 Å². The normalized spacial score (nSPS) is 11.3. The van der Waals surface area contributed by atoms with Gasteiger partial charge in [0, 0.05) is 11.3 Å². The van der Waals surface area contributed by atoms with Gasteiger partial charge in [-0.05, 0) is 67.4 Å². The predicted octanol–water partition coefficient (Wildman–Crippen LogP) is 6.43. The minimum Gasteiger partial charge on any atom is -0.489 e. The van der Waals surface area contributed by atoms with E-state index in [1.807, 2.05) is 62.4 Å². The molecule has 6 nitrogen and oxygen atoms in total. The van der Waals surface area contributed by atoms with Gasteiger partial charge in [-0.2, -0.15) is 5.26 Å². The number of nitriles is 1. The summed E-state index contributed by atoms with van der Waals surface area (Å²) in [6, 6.07) is 26.1. The first kappa shape index (κ1) is 22.7. The Labute approximate surface area is 198 Å². The number of amides is 1. The Bertz CT molecular complexity index is 1320. The van der Waals surface area contributed by atoms with Gasteiger partial charge in [0.15, 0.2) is 5.76 Å². The first-order chi connectivity index (χ1) is 16.5. The monoisotopic (exact) mass is 452 g/mol. The van der Waals surface area contributed by atoms with Crippen molar-refractivity contribution in [1.29, 1.82) is 5.26 Å². The summed E-state index contributed by atoms with van der Waals surface area (Å²) in [7, 11) is 0. The van der Waals surface area contributed by atoms with Gasteiger partial charge in [-0.25, -0.2) is 0 Å². The molecule has 0 radical (unpaired) electrons. The van der Waals surface area contributed by atoms with E-state index in [1.54, 1.807) is 30.3 Å². The zero-order valence-corrected chi connectivity index (χ0v) is 18.9. The fraction of sp³-hybridized carbons (Fsp3) is 0.143. The molecule has 1 amide bonds. The molecule has 1 N–H and O–H groups in total. The average Bonchev–Trinajstić information content (AvgIpc) is 3.34. The minimum atomic E-state index is -0.371. The first-order valence-electron chi connectivity index (χ1n) is 10.9. The predicted molar refractivity (Wildman–Crippen MR) is 129 cm³/mol. The van der Waals surface area contributed by atoms with Crippen LogP contribution in [0.4, 0.5) is 5.69 Å². The average molecular weight is 453 g/mol. The molecule has 1 heterocycles. The molecule has 0 spiro atoms. The highest BCUT2D eigenvalue weighted by Crippen LogP contribution is 2.27. The van der Waals surface area contributed by atoms with Crippen LogP contribution in [0.1, 0.15) is 45.8 Å². The fourth-order valence-electron chi connectivity index (χ4n) is 3.49. The Kier molecular flexibility index (Phi) is 6.95. The Hall–Kier alpha value is -4.50. The molecule has 0 saturated carbocycles. The molecule has 0 saturated heterocycles. The second-order valence-corrected chi connectivity index (χ2v) is 7.80. The molecule has 0 bridgehead atoms. The van der Waals surface area contributed by atoms with Crippen LogP contribution in [0.3, 0.4) is 0 Å². The lowest BCUT2D eigenvalue weighted by atomic mass is 10.1. The van der Waals surface area contributed by atoms with Crippen LogP contribution in [0.15, 0.2) is 89.5 Å². The Morgan fingerprint density at radius 3 is 2.62 bits per heavy atom. The number of anilines is 1. The van der Waals surface area contributed by atoms with Gasteiger partial charge in [0.2, 0.25) is 0 Å². The second-order valence-electron chi connectivity index (χ2n) is 7.80. The van der Waals surface area contributed by atoms with Crippen molar-refractivity contribution in [3.8, 4) is 17.6 Å². The summed E-state index contributed by atoms with van der Waals surface area (Å²) in [4.78, 5) is 12.9. The zero-order valence-electron chi connectivity index (χ0n) is 18.9. The number of carbonyl (C=O) groups is 1. The third-order valence-electron chi connectivity index (χ3n) is 5.34. The lowest BCUT2D eigenvalue weighted by Crippen LogP contribution is -2.14. The summed E-state index contributed by atoms with van der Waals surface area (Å²) in [6.07, 6.45) is 1.36. The van der Waals surface area contributed by atoms with Crippen molar-refractivity contribution >= 4 is 11.6 Å². The van der Waals surface area contributed by atoms with Crippen molar-refractivity contribution in [2.45, 2.75) is 26.6 Å². The van der Waals surface area contributed by atoms with Gasteiger partial charge in [-0.3, -0.25) is 4.79 Å². The van der Waals surface area contributed by atoms with Gasteiger partial charge in [-0.15, -0.1) is 0 Å². The van der Waals surface area contributed by atoms with Crippen LogP contribution in [0.25, 0.3) is 0 Å². The van der Waals surface area contributed by atoms with Gasteiger partial charge in [0.1, 0.15) is 24.2 Å². The topological polar surface area (TPSA) is 84.5 Å². The number of nitrogens with zero attached hydrogens (tertiary/aromatic N) is 1. The van der Waals surface area contributed by atoms with Crippen LogP contribution in [-0.4, -0.2) is 5.91 Å². The smallest absolute Gasteiger partial charge is 0.291 e. The molecule has 0 aliphatic carbocycles. The van der Waals surface area contributed by atoms with Crippen LogP contribution in [0.5, 0.6) is 11.5 Å². The minimum absolute atomic E-state index is 0.0967. The van der Waals surface area contributed by atoms with Crippen molar-refractivity contribution in [2.24, 2.45) is 0 Å². The molecule has 34 heavy (non-hydrogen) atoms. The molecule has 4 rings (SSSR count). The summed E-state index contributed by atoms with van der Waals surface area (Å²) in [6.45, 7) is 4.04. The first-order valence-corrected chi connectivity index (χ1v) is 10.9. The molecule has 6 heteroatoms. The SMILES string of the molecule is Cc1cc(OC(C)c2ccccc2)ccc1NC(=O)c1occc1COc1cccc(C#N)c1. The third-order valence-corrected chi connectivity index (χ3v) is 5.34. The maximum absolute atomic E-state index is 12.9. The molecule has 1 aromatic heterocycles. The molecule has 1 unspecified atom stereocenters. The Balaban J connectivity index is 1.40. The van der Waals surface area contributed by atoms with Gasteiger partial charge in [0.05, 0.1) is 17.9 Å². The Morgan fingerprint density at radius 2 is 1.85 bits per heavy atom. The third kappa shape index (κ3) is 5.45. The van der Waals surface area contributed by atoms with E-state index in [0.29, 0.717) is 22.6 Å². The van der Waals surface area contributed by atoms with E-state index in [4.69, 9.17) is 19.2 Å². The van der Waals surface area contributed by atoms with E-state index < -0.39 is 0 Å². The van der Waals surface area contributed by atoms with E-state index in [0.717, 1.165) is 16.9 Å². The zero-order chi connectivity index (χ0) is 23.9. The highest BCUT2D eigenvalue weighted by Gasteiger charge is 2.17. The number of rotatable bonds is 8. The van der Waals surface area contributed by atoms with Gasteiger partial charge in [-0.1, -0.05) is 36.4 Å². The number of ether oxygens (including phenoxy) is 2. The number of furan rings is 1. The highest BCUT2D eigenvalue weighted by atomic mass is 16.5. The van der Waals surface area contributed by atoms with Crippen molar-refractivity contribution in [3.63, 3.8) is 0 Å². The Morgan fingerprint density at radius 1 is 1.03 bits per heavy atom. The van der Waals surface area contributed by atoms with Crippen LogP contribution < -0.4 is 14.8 Å². The van der Waals surface area contributed by atoms with E-state index in [1.165, 1.54) is 6.26 Å². The van der Waals surface area contributed by atoms with E-state index >= 15 is 0 Å². The molecule has 1 atom stereocenters. The molecular formula is C28H24N2O4. The molecule has 0 aliphatic heterocycles. The number of aryl methyl sites for hydroxylation is 1. The molecule has 4 aromatic rings. The summed E-state index contributed by atoms with van der Waals surface area (Å²) in [5.41, 5.74) is 3.72. The molecule has 3 aromatic carbocycles. The van der Waals surface area contributed by atoms with E-state index in [9.17, 15) is 4.79 Å². The second kappa shape index (κ2) is 10.4. The molecule has 170 valence electrons. The maximum Gasteiger partial charge on any atom is 0.291 e. The summed E-state index contributed by atoms with van der Waals surface area (Å²) >= 11 is 0. The number of benzene rings is 3. The van der Waals surface area contributed by atoms with Gasteiger partial charge >= 0.3 is 0 Å². The highest BCUT2D eigenvalue weighted by molar-refractivity contribution is 6.03. The van der Waals surface area contributed by atoms with Crippen molar-refractivity contribution < 1.29 is 18.7 Å². The molecule has 0 fully saturated rings. The largest absolute Gasteiger partial charge is 0.489 e. The number of hydrogen-bond acceptors (Lipinski definition) is 5. The van der Waals surface area contributed by atoms with E-state index in [-0.39, 0.29) is 24.4 Å². The number of carbonyl (C=O) groups excluding carboxylic acids is 1. The van der Waals surface area contributed by atoms with Crippen molar-refractivity contribution in [2.75, 3.05) is 5.32 Å². The summed E-state index contributed by atoms with van der Waals surface area (Å²) in [5.74, 6) is 1.07. The fourth-order valence-corrected chi connectivity index (χ4v) is 3.49. The van der Waals surface area contributed by atoms with Crippen molar-refractivity contribution in [1.82, 2.24) is 0 Å². The molecular weight excluding hydrogens is 428 g/mol. The summed E-state index contributed by atoms with van der Waals surface area (Å²) < 4.78 is 17.2. The molecule has 0 aliphatic rings. The number of hydrogen-bond donors (Lipinski definition) is 1. The van der Waals surface area contributed by atoms with Crippen LogP contribution >= 0.6 is 0 Å². The van der Waals surface area contributed by atoms with Crippen LogP contribution in [0.2, 0.25) is 0 Å². The van der Waals surface area contributed by atoms with Gasteiger partial charge in [0.25, 0.3) is 5.91 Å². The lowest BCUT2D eigenvalue weighted by molar-refractivity contribution is 0.0993. The van der Waals surface area contributed by atoms with Crippen molar-refractivity contribution in [3.05, 3.63) is 113 Å². The van der Waals surface area contributed by atoms with Crippen LogP contribution in [-0.2, 0) is 6.61 Å². The summed E-state index contributed by atoms with van der Waals surface area (Å²) in [5, 5.41) is 11.9. The maximum atomic E-state index is 12.9. The lowest BCUT2D eigenvalue weighted by Gasteiger charge is -2.16.